The molecule has 4 rings (SSSR count). The summed E-state index contributed by atoms with van der Waals surface area (Å²) >= 11 is 7.16. The van der Waals surface area contributed by atoms with E-state index < -0.39 is 11.2 Å². The number of anilines is 1. The summed E-state index contributed by atoms with van der Waals surface area (Å²) in [5.74, 6) is 2.28. The molecule has 0 radical (unpaired) electrons. The molecule has 0 unspecified atom stereocenters. The van der Waals surface area contributed by atoms with Crippen LogP contribution >= 0.6 is 23.5 Å². The van der Waals surface area contributed by atoms with Gasteiger partial charge in [0.15, 0.2) is 17.3 Å². The van der Waals surface area contributed by atoms with E-state index >= 15 is 0 Å². The number of hydrogen-bond acceptors (Lipinski definition) is 7. The second kappa shape index (κ2) is 7.62. The smallest absolute Gasteiger partial charge is 0.235 e. The van der Waals surface area contributed by atoms with Crippen molar-refractivity contribution >= 4 is 40.2 Å². The molecule has 2 aromatic carbocycles. The Morgan fingerprint density at radius 1 is 1.15 bits per heavy atom. The van der Waals surface area contributed by atoms with E-state index in [1.807, 2.05) is 6.07 Å². The van der Waals surface area contributed by atoms with Crippen LogP contribution < -0.4 is 19.6 Å². The molecule has 8 heteroatoms. The number of ether oxygens (including phenoxy) is 2. The molecule has 27 heavy (non-hydrogen) atoms. The van der Waals surface area contributed by atoms with Gasteiger partial charge in [0.25, 0.3) is 0 Å². The Kier molecular flexibility index (Phi) is 5.05. The van der Waals surface area contributed by atoms with Crippen molar-refractivity contribution in [2.45, 2.75) is 6.42 Å². The number of hydrogen-bond donors (Lipinski definition) is 2. The predicted octanol–water partition coefficient (Wildman–Crippen LogP) is 4.58. The van der Waals surface area contributed by atoms with E-state index in [-0.39, 0.29) is 12.6 Å². The predicted molar refractivity (Wildman–Crippen MR) is 107 cm³/mol. The van der Waals surface area contributed by atoms with Gasteiger partial charge in [-0.05, 0) is 42.8 Å². The first-order chi connectivity index (χ1) is 13.2. The lowest BCUT2D eigenvalue weighted by atomic mass is 10.1. The van der Waals surface area contributed by atoms with Crippen molar-refractivity contribution in [3.05, 3.63) is 46.6 Å². The van der Waals surface area contributed by atoms with E-state index in [0.29, 0.717) is 33.9 Å². The minimum Gasteiger partial charge on any atom is -0.502 e. The third kappa shape index (κ3) is 3.52. The summed E-state index contributed by atoms with van der Waals surface area (Å²) in [6.07, 6.45) is 0.884. The maximum Gasteiger partial charge on any atom is 0.235 e. The van der Waals surface area contributed by atoms with Crippen molar-refractivity contribution < 1.29 is 19.0 Å². The zero-order valence-electron chi connectivity index (χ0n) is 14.2. The summed E-state index contributed by atoms with van der Waals surface area (Å²) in [5, 5.41) is 10.7. The molecule has 1 aliphatic rings. The van der Waals surface area contributed by atoms with Gasteiger partial charge in [0, 0.05) is 22.9 Å². The molecule has 2 N–H and O–H groups in total. The van der Waals surface area contributed by atoms with Crippen LogP contribution in [-0.2, 0) is 0 Å². The van der Waals surface area contributed by atoms with E-state index in [0.717, 1.165) is 17.9 Å². The van der Waals surface area contributed by atoms with E-state index in [4.69, 9.17) is 25.5 Å². The summed E-state index contributed by atoms with van der Waals surface area (Å²) in [4.78, 5) is 12.7. The SMILES string of the molecule is O=c1c(O)c(-c2ccc3c(c2)OCO3)oc2ccc(NSCCCCl)cc12. The highest BCUT2D eigenvalue weighted by molar-refractivity contribution is 8.00. The number of benzene rings is 2. The summed E-state index contributed by atoms with van der Waals surface area (Å²) in [6.45, 7) is 0.144. The molecule has 0 atom stereocenters. The lowest BCUT2D eigenvalue weighted by Crippen LogP contribution is -2.03. The van der Waals surface area contributed by atoms with Crippen LogP contribution in [0.2, 0.25) is 0 Å². The number of rotatable bonds is 6. The Hall–Kier alpha value is -2.51. The van der Waals surface area contributed by atoms with E-state index in [2.05, 4.69) is 4.72 Å². The zero-order chi connectivity index (χ0) is 18.8. The molecule has 0 aliphatic carbocycles. The topological polar surface area (TPSA) is 80.9 Å². The van der Waals surface area contributed by atoms with Crippen molar-refractivity contribution in [2.75, 3.05) is 23.1 Å². The van der Waals surface area contributed by atoms with Crippen molar-refractivity contribution in [1.29, 1.82) is 0 Å². The number of alkyl halides is 1. The van der Waals surface area contributed by atoms with Gasteiger partial charge in [-0.3, -0.25) is 4.79 Å². The summed E-state index contributed by atoms with van der Waals surface area (Å²) in [7, 11) is 0. The number of halogens is 1. The van der Waals surface area contributed by atoms with Gasteiger partial charge in [0.05, 0.1) is 5.39 Å². The number of aromatic hydroxyl groups is 1. The van der Waals surface area contributed by atoms with Crippen LogP contribution in [0.3, 0.4) is 0 Å². The molecule has 0 fully saturated rings. The Balaban J connectivity index is 1.70. The van der Waals surface area contributed by atoms with Crippen LogP contribution in [0.5, 0.6) is 17.2 Å². The van der Waals surface area contributed by atoms with Crippen LogP contribution in [0.25, 0.3) is 22.3 Å². The summed E-state index contributed by atoms with van der Waals surface area (Å²) < 4.78 is 19.6. The molecule has 1 aromatic heterocycles. The van der Waals surface area contributed by atoms with Crippen molar-refractivity contribution in [3.8, 4) is 28.6 Å². The van der Waals surface area contributed by atoms with Crippen LogP contribution in [0.4, 0.5) is 5.69 Å². The number of fused-ring (bicyclic) bond motifs is 2. The first kappa shape index (κ1) is 17.9. The Morgan fingerprint density at radius 3 is 2.85 bits per heavy atom. The van der Waals surface area contributed by atoms with Gasteiger partial charge < -0.3 is 23.7 Å². The van der Waals surface area contributed by atoms with Gasteiger partial charge in [-0.2, -0.15) is 0 Å². The summed E-state index contributed by atoms with van der Waals surface area (Å²) in [5.41, 5.74) is 1.19. The van der Waals surface area contributed by atoms with E-state index in [1.165, 1.54) is 11.9 Å². The Bertz CT molecular complexity index is 1050. The molecule has 3 aromatic rings. The molecule has 2 heterocycles. The van der Waals surface area contributed by atoms with Gasteiger partial charge in [-0.25, -0.2) is 0 Å². The second-order valence-corrected chi connectivity index (χ2v) is 7.16. The molecule has 0 saturated carbocycles. The molecule has 140 valence electrons. The van der Waals surface area contributed by atoms with Gasteiger partial charge in [-0.1, -0.05) is 11.9 Å². The maximum atomic E-state index is 12.7. The van der Waals surface area contributed by atoms with Crippen LogP contribution in [0.15, 0.2) is 45.6 Å². The highest BCUT2D eigenvalue weighted by Gasteiger charge is 2.19. The zero-order valence-corrected chi connectivity index (χ0v) is 15.7. The molecule has 6 nitrogen and oxygen atoms in total. The first-order valence-electron chi connectivity index (χ1n) is 8.31. The molecule has 0 bridgehead atoms. The Labute approximate surface area is 164 Å². The molecular formula is C19H16ClNO5S. The quantitative estimate of drug-likeness (QED) is 0.353. The third-order valence-corrected chi connectivity index (χ3v) is 5.21. The summed E-state index contributed by atoms with van der Waals surface area (Å²) in [6, 6.07) is 10.3. The average molecular weight is 406 g/mol. The van der Waals surface area contributed by atoms with Crippen molar-refractivity contribution in [3.63, 3.8) is 0 Å². The normalized spacial score (nSPS) is 12.5. The van der Waals surface area contributed by atoms with Gasteiger partial charge in [0.2, 0.25) is 18.0 Å². The first-order valence-corrected chi connectivity index (χ1v) is 9.83. The fraction of sp³-hybridized carbons (Fsp3) is 0.211. The number of nitrogens with one attached hydrogen (secondary N) is 1. The fourth-order valence-corrected chi connectivity index (χ4v) is 3.72. The molecule has 0 amide bonds. The minimum atomic E-state index is -0.488. The third-order valence-electron chi connectivity index (χ3n) is 4.07. The van der Waals surface area contributed by atoms with E-state index in [1.54, 1.807) is 30.3 Å². The Morgan fingerprint density at radius 2 is 2.00 bits per heavy atom. The average Bonchev–Trinajstić information content (AvgIpc) is 3.16. The highest BCUT2D eigenvalue weighted by atomic mass is 35.5. The fourth-order valence-electron chi connectivity index (χ4n) is 2.74. The van der Waals surface area contributed by atoms with Crippen molar-refractivity contribution in [2.24, 2.45) is 0 Å². The lowest BCUT2D eigenvalue weighted by molar-refractivity contribution is 0.174. The highest BCUT2D eigenvalue weighted by Crippen LogP contribution is 2.38. The maximum absolute atomic E-state index is 12.7. The molecule has 0 spiro atoms. The van der Waals surface area contributed by atoms with Crippen molar-refractivity contribution in [1.82, 2.24) is 0 Å². The molecular weight excluding hydrogens is 390 g/mol. The largest absolute Gasteiger partial charge is 0.502 e. The standard InChI is InChI=1S/C19H16ClNO5S/c20-6-1-7-27-21-12-3-5-14-13(9-12)17(22)18(23)19(26-14)11-2-4-15-16(8-11)25-10-24-15/h2-5,8-9,21,23H,1,6-7,10H2. The molecule has 1 aliphatic heterocycles. The minimum absolute atomic E-state index is 0.1000. The van der Waals surface area contributed by atoms with Gasteiger partial charge in [0.1, 0.15) is 5.58 Å². The van der Waals surface area contributed by atoms with Gasteiger partial charge >= 0.3 is 0 Å². The van der Waals surface area contributed by atoms with Crippen LogP contribution in [-0.4, -0.2) is 23.5 Å². The van der Waals surface area contributed by atoms with E-state index in [9.17, 15) is 9.90 Å². The molecule has 0 saturated heterocycles. The van der Waals surface area contributed by atoms with Gasteiger partial charge in [-0.15, -0.1) is 11.6 Å². The second-order valence-electron chi connectivity index (χ2n) is 5.88. The van der Waals surface area contributed by atoms with Crippen LogP contribution in [0.1, 0.15) is 6.42 Å². The monoisotopic (exact) mass is 405 g/mol. The van der Waals surface area contributed by atoms with Crippen LogP contribution in [0, 0.1) is 0 Å². The lowest BCUT2D eigenvalue weighted by Gasteiger charge is -2.09.